The molecule has 0 aromatic heterocycles. The van der Waals surface area contributed by atoms with Crippen LogP contribution in [0.1, 0.15) is 52.9 Å². The fourth-order valence-electron chi connectivity index (χ4n) is 1.61. The Balaban J connectivity index is 3.59. The third-order valence-corrected chi connectivity index (χ3v) is 2.92. The van der Waals surface area contributed by atoms with Crippen LogP contribution in [0.3, 0.4) is 0 Å². The van der Waals surface area contributed by atoms with E-state index in [-0.39, 0.29) is 0 Å². The van der Waals surface area contributed by atoms with Crippen molar-refractivity contribution in [2.75, 3.05) is 20.3 Å². The maximum absolute atomic E-state index is 10.0. The Labute approximate surface area is 101 Å². The average Bonchev–Trinajstić information content (AvgIpc) is 2.24. The molecule has 0 amide bonds. The molecule has 0 rings (SSSR count). The van der Waals surface area contributed by atoms with Gasteiger partial charge in [-0.1, -0.05) is 26.2 Å². The van der Waals surface area contributed by atoms with Gasteiger partial charge in [0.15, 0.2) is 0 Å². The summed E-state index contributed by atoms with van der Waals surface area (Å²) >= 11 is 0. The first-order valence-electron chi connectivity index (χ1n) is 6.46. The largest absolute Gasteiger partial charge is 0.389 e. The first kappa shape index (κ1) is 15.9. The molecule has 2 atom stereocenters. The SMILES string of the molecule is CCCCCC(C)NCC(C)(O)CCOC. The summed E-state index contributed by atoms with van der Waals surface area (Å²) < 4.78 is 4.98. The molecule has 0 aromatic rings. The van der Waals surface area contributed by atoms with Gasteiger partial charge < -0.3 is 15.2 Å². The van der Waals surface area contributed by atoms with E-state index >= 15 is 0 Å². The molecule has 0 heterocycles. The Morgan fingerprint density at radius 3 is 2.62 bits per heavy atom. The fraction of sp³-hybridized carbons (Fsp3) is 1.00. The van der Waals surface area contributed by atoms with Gasteiger partial charge >= 0.3 is 0 Å². The van der Waals surface area contributed by atoms with Crippen LogP contribution >= 0.6 is 0 Å². The lowest BCUT2D eigenvalue weighted by Gasteiger charge is -2.25. The van der Waals surface area contributed by atoms with Crippen LogP contribution in [0.15, 0.2) is 0 Å². The molecule has 2 unspecified atom stereocenters. The molecule has 16 heavy (non-hydrogen) atoms. The van der Waals surface area contributed by atoms with Crippen LogP contribution in [0.25, 0.3) is 0 Å². The van der Waals surface area contributed by atoms with Crippen molar-refractivity contribution >= 4 is 0 Å². The summed E-state index contributed by atoms with van der Waals surface area (Å²) in [5, 5.41) is 13.4. The van der Waals surface area contributed by atoms with Crippen molar-refractivity contribution in [2.24, 2.45) is 0 Å². The summed E-state index contributed by atoms with van der Waals surface area (Å²) in [5.41, 5.74) is -0.658. The number of methoxy groups -OCH3 is 1. The Morgan fingerprint density at radius 2 is 2.06 bits per heavy atom. The Kier molecular flexibility index (Phi) is 8.90. The summed E-state index contributed by atoms with van der Waals surface area (Å²) in [6, 6.07) is 0.487. The lowest BCUT2D eigenvalue weighted by Crippen LogP contribution is -2.42. The van der Waals surface area contributed by atoms with Gasteiger partial charge in [-0.2, -0.15) is 0 Å². The van der Waals surface area contributed by atoms with Gasteiger partial charge in [0, 0.05) is 32.7 Å². The second-order valence-electron chi connectivity index (χ2n) is 5.02. The van der Waals surface area contributed by atoms with E-state index in [1.165, 1.54) is 25.7 Å². The summed E-state index contributed by atoms with van der Waals surface area (Å²) in [7, 11) is 1.66. The zero-order valence-corrected chi connectivity index (χ0v) is 11.4. The zero-order chi connectivity index (χ0) is 12.4. The molecule has 0 aromatic carbocycles. The Bertz CT molecular complexity index is 160. The summed E-state index contributed by atoms with van der Waals surface area (Å²) in [6.45, 7) is 7.51. The molecule has 0 aliphatic carbocycles. The maximum Gasteiger partial charge on any atom is 0.0765 e. The van der Waals surface area contributed by atoms with Crippen LogP contribution in [0.4, 0.5) is 0 Å². The molecule has 0 fully saturated rings. The van der Waals surface area contributed by atoms with Gasteiger partial charge in [0.1, 0.15) is 0 Å². The Hall–Kier alpha value is -0.120. The topological polar surface area (TPSA) is 41.5 Å². The minimum atomic E-state index is -0.658. The average molecular weight is 231 g/mol. The van der Waals surface area contributed by atoms with Crippen molar-refractivity contribution in [1.29, 1.82) is 0 Å². The van der Waals surface area contributed by atoms with E-state index in [0.717, 1.165) is 0 Å². The van der Waals surface area contributed by atoms with Crippen molar-refractivity contribution in [3.05, 3.63) is 0 Å². The number of ether oxygens (including phenoxy) is 1. The quantitative estimate of drug-likeness (QED) is 0.567. The number of hydrogen-bond acceptors (Lipinski definition) is 3. The molecule has 2 N–H and O–H groups in total. The second kappa shape index (κ2) is 8.97. The van der Waals surface area contributed by atoms with Crippen LogP contribution in [0, 0.1) is 0 Å². The maximum atomic E-state index is 10.0. The molecule has 0 bridgehead atoms. The minimum absolute atomic E-state index is 0.487. The van der Waals surface area contributed by atoms with Crippen LogP contribution in [-0.2, 0) is 4.74 Å². The molecule has 3 heteroatoms. The van der Waals surface area contributed by atoms with Gasteiger partial charge in [-0.25, -0.2) is 0 Å². The molecule has 0 spiro atoms. The van der Waals surface area contributed by atoms with Gasteiger partial charge in [0.25, 0.3) is 0 Å². The molecule has 0 saturated carbocycles. The number of hydrogen-bond donors (Lipinski definition) is 2. The number of unbranched alkanes of at least 4 members (excludes halogenated alkanes) is 2. The highest BCUT2D eigenvalue weighted by molar-refractivity contribution is 4.77. The zero-order valence-electron chi connectivity index (χ0n) is 11.4. The van der Waals surface area contributed by atoms with Crippen LogP contribution in [0.2, 0.25) is 0 Å². The first-order chi connectivity index (χ1) is 7.52. The van der Waals surface area contributed by atoms with Gasteiger partial charge in [-0.15, -0.1) is 0 Å². The van der Waals surface area contributed by atoms with E-state index in [1.807, 2.05) is 6.92 Å². The molecule has 0 saturated heterocycles. The van der Waals surface area contributed by atoms with Crippen LogP contribution in [0.5, 0.6) is 0 Å². The predicted octanol–water partition coefficient (Wildman–Crippen LogP) is 2.33. The van der Waals surface area contributed by atoms with Gasteiger partial charge in [0.05, 0.1) is 5.60 Å². The van der Waals surface area contributed by atoms with Crippen molar-refractivity contribution in [2.45, 2.75) is 64.5 Å². The van der Waals surface area contributed by atoms with E-state index in [1.54, 1.807) is 7.11 Å². The smallest absolute Gasteiger partial charge is 0.0765 e. The standard InChI is InChI=1S/C13H29NO2/c1-5-6-7-8-12(2)14-11-13(3,15)9-10-16-4/h12,14-15H,5-11H2,1-4H3. The normalized spacial score (nSPS) is 17.1. The molecular weight excluding hydrogens is 202 g/mol. The van der Waals surface area contributed by atoms with Gasteiger partial charge in [-0.3, -0.25) is 0 Å². The molecule has 98 valence electrons. The summed E-state index contributed by atoms with van der Waals surface area (Å²) in [5.74, 6) is 0. The number of aliphatic hydroxyl groups is 1. The highest BCUT2D eigenvalue weighted by Crippen LogP contribution is 2.09. The highest BCUT2D eigenvalue weighted by Gasteiger charge is 2.20. The lowest BCUT2D eigenvalue weighted by atomic mass is 10.0. The molecule has 0 aliphatic rings. The van der Waals surface area contributed by atoms with Gasteiger partial charge in [-0.05, 0) is 20.3 Å². The van der Waals surface area contributed by atoms with Gasteiger partial charge in [0.2, 0.25) is 0 Å². The van der Waals surface area contributed by atoms with E-state index in [0.29, 0.717) is 25.6 Å². The molecule has 0 radical (unpaired) electrons. The molecule has 3 nitrogen and oxygen atoms in total. The predicted molar refractivity (Wildman–Crippen MR) is 68.7 cm³/mol. The van der Waals surface area contributed by atoms with Crippen LogP contribution < -0.4 is 5.32 Å². The van der Waals surface area contributed by atoms with Crippen LogP contribution in [-0.4, -0.2) is 37.0 Å². The number of rotatable bonds is 10. The van der Waals surface area contributed by atoms with Crippen molar-refractivity contribution in [3.63, 3.8) is 0 Å². The fourth-order valence-corrected chi connectivity index (χ4v) is 1.61. The second-order valence-corrected chi connectivity index (χ2v) is 5.02. The molecular formula is C13H29NO2. The van der Waals surface area contributed by atoms with E-state index < -0.39 is 5.60 Å². The molecule has 0 aliphatic heterocycles. The third kappa shape index (κ3) is 9.13. The summed E-state index contributed by atoms with van der Waals surface area (Å²) in [6.07, 6.45) is 5.70. The third-order valence-electron chi connectivity index (χ3n) is 2.92. The van der Waals surface area contributed by atoms with E-state index in [4.69, 9.17) is 4.74 Å². The van der Waals surface area contributed by atoms with Crippen molar-refractivity contribution in [1.82, 2.24) is 5.32 Å². The number of nitrogens with one attached hydrogen (secondary N) is 1. The highest BCUT2D eigenvalue weighted by atomic mass is 16.5. The monoisotopic (exact) mass is 231 g/mol. The minimum Gasteiger partial charge on any atom is -0.389 e. The lowest BCUT2D eigenvalue weighted by molar-refractivity contribution is 0.0229. The summed E-state index contributed by atoms with van der Waals surface area (Å²) in [4.78, 5) is 0. The van der Waals surface area contributed by atoms with Crippen molar-refractivity contribution in [3.8, 4) is 0 Å². The van der Waals surface area contributed by atoms with Crippen molar-refractivity contribution < 1.29 is 9.84 Å². The van der Waals surface area contributed by atoms with E-state index in [9.17, 15) is 5.11 Å². The van der Waals surface area contributed by atoms with E-state index in [2.05, 4.69) is 19.2 Å². The Morgan fingerprint density at radius 1 is 1.38 bits per heavy atom. The first-order valence-corrected chi connectivity index (χ1v) is 6.46.